The van der Waals surface area contributed by atoms with Crippen molar-refractivity contribution < 1.29 is 9.47 Å². The van der Waals surface area contributed by atoms with Crippen LogP contribution in [0.5, 0.6) is 11.5 Å². The maximum Gasteiger partial charge on any atom is 0.119 e. The van der Waals surface area contributed by atoms with E-state index in [4.69, 9.17) is 9.47 Å². The number of benzene rings is 1. The highest BCUT2D eigenvalue weighted by Gasteiger charge is 2.21. The van der Waals surface area contributed by atoms with Gasteiger partial charge in [0.1, 0.15) is 11.5 Å². The van der Waals surface area contributed by atoms with Crippen molar-refractivity contribution >= 4 is 0 Å². The minimum atomic E-state index is 0.565. The van der Waals surface area contributed by atoms with Crippen molar-refractivity contribution in [1.29, 1.82) is 0 Å². The van der Waals surface area contributed by atoms with Crippen molar-refractivity contribution in [3.63, 3.8) is 0 Å². The molecule has 3 rings (SSSR count). The first-order valence-electron chi connectivity index (χ1n) is 13.8. The van der Waals surface area contributed by atoms with Crippen LogP contribution in [0.25, 0.3) is 0 Å². The Kier molecular flexibility index (Phi) is 11.8. The first kappa shape index (κ1) is 25.7. The van der Waals surface area contributed by atoms with Gasteiger partial charge in [-0.3, -0.25) is 0 Å². The predicted molar refractivity (Wildman–Crippen MR) is 140 cm³/mol. The minimum Gasteiger partial charge on any atom is -0.494 e. The van der Waals surface area contributed by atoms with Gasteiger partial charge in [-0.15, -0.1) is 0 Å². The van der Waals surface area contributed by atoms with E-state index in [0.29, 0.717) is 11.8 Å². The van der Waals surface area contributed by atoms with E-state index in [1.54, 1.807) is 0 Å². The SMILES string of the molecule is CCCCCOc1ccc(OCC2CCC(C#C/C=C/C3CCC(CCC)CC3)CC2)cc1. The third-order valence-corrected chi connectivity index (χ3v) is 7.50. The van der Waals surface area contributed by atoms with Crippen LogP contribution in [0.1, 0.15) is 97.3 Å². The second-order valence-corrected chi connectivity index (χ2v) is 10.3. The maximum absolute atomic E-state index is 6.06. The zero-order valence-electron chi connectivity index (χ0n) is 21.2. The fourth-order valence-corrected chi connectivity index (χ4v) is 5.29. The summed E-state index contributed by atoms with van der Waals surface area (Å²) in [6.07, 6.45) is 21.3. The van der Waals surface area contributed by atoms with Gasteiger partial charge in [-0.2, -0.15) is 0 Å². The lowest BCUT2D eigenvalue weighted by Crippen LogP contribution is -2.19. The molecule has 0 unspecified atom stereocenters. The maximum atomic E-state index is 6.06. The Hall–Kier alpha value is -1.88. The Morgan fingerprint density at radius 3 is 2.12 bits per heavy atom. The molecule has 2 nitrogen and oxygen atoms in total. The van der Waals surface area contributed by atoms with E-state index in [9.17, 15) is 0 Å². The highest BCUT2D eigenvalue weighted by atomic mass is 16.5. The molecule has 2 aliphatic carbocycles. The van der Waals surface area contributed by atoms with Gasteiger partial charge < -0.3 is 9.47 Å². The van der Waals surface area contributed by atoms with Crippen LogP contribution >= 0.6 is 0 Å². The second kappa shape index (κ2) is 15.1. The summed E-state index contributed by atoms with van der Waals surface area (Å²) in [5.41, 5.74) is 0. The molecule has 1 aromatic rings. The minimum absolute atomic E-state index is 0.565. The molecule has 0 N–H and O–H groups in total. The highest BCUT2D eigenvalue weighted by molar-refractivity contribution is 5.31. The van der Waals surface area contributed by atoms with Gasteiger partial charge in [0.15, 0.2) is 0 Å². The lowest BCUT2D eigenvalue weighted by molar-refractivity contribution is 0.196. The molecular formula is C31H46O2. The third kappa shape index (κ3) is 9.87. The van der Waals surface area contributed by atoms with E-state index in [0.717, 1.165) is 43.0 Å². The average Bonchev–Trinajstić information content (AvgIpc) is 2.86. The van der Waals surface area contributed by atoms with Crippen LogP contribution in [-0.4, -0.2) is 13.2 Å². The van der Waals surface area contributed by atoms with E-state index in [-0.39, 0.29) is 0 Å². The van der Waals surface area contributed by atoms with Crippen molar-refractivity contribution in [2.24, 2.45) is 23.7 Å². The van der Waals surface area contributed by atoms with Gasteiger partial charge in [0.2, 0.25) is 0 Å². The fraction of sp³-hybridized carbons (Fsp3) is 0.677. The van der Waals surface area contributed by atoms with Crippen molar-refractivity contribution in [2.45, 2.75) is 97.3 Å². The topological polar surface area (TPSA) is 18.5 Å². The Morgan fingerprint density at radius 2 is 1.45 bits per heavy atom. The molecule has 182 valence electrons. The molecule has 0 bridgehead atoms. The molecule has 0 saturated heterocycles. The van der Waals surface area contributed by atoms with Gasteiger partial charge in [0.25, 0.3) is 0 Å². The van der Waals surface area contributed by atoms with Gasteiger partial charge >= 0.3 is 0 Å². The van der Waals surface area contributed by atoms with Crippen LogP contribution < -0.4 is 9.47 Å². The van der Waals surface area contributed by atoms with Gasteiger partial charge in [-0.1, -0.05) is 57.4 Å². The van der Waals surface area contributed by atoms with Gasteiger partial charge in [0.05, 0.1) is 13.2 Å². The lowest BCUT2D eigenvalue weighted by Gasteiger charge is -2.26. The van der Waals surface area contributed by atoms with Crippen molar-refractivity contribution in [3.05, 3.63) is 36.4 Å². The molecule has 1 aromatic carbocycles. The van der Waals surface area contributed by atoms with Crippen molar-refractivity contribution in [3.8, 4) is 23.3 Å². The molecule has 0 amide bonds. The molecule has 2 aliphatic rings. The second-order valence-electron chi connectivity index (χ2n) is 10.3. The Morgan fingerprint density at radius 1 is 0.788 bits per heavy atom. The summed E-state index contributed by atoms with van der Waals surface area (Å²) in [6.45, 7) is 6.14. The Labute approximate surface area is 203 Å². The quantitative estimate of drug-likeness (QED) is 0.248. The smallest absolute Gasteiger partial charge is 0.119 e. The van der Waals surface area contributed by atoms with E-state index >= 15 is 0 Å². The summed E-state index contributed by atoms with van der Waals surface area (Å²) >= 11 is 0. The van der Waals surface area contributed by atoms with Crippen LogP contribution in [0.2, 0.25) is 0 Å². The number of hydrogen-bond acceptors (Lipinski definition) is 2. The van der Waals surface area contributed by atoms with Crippen LogP contribution in [-0.2, 0) is 0 Å². The molecular weight excluding hydrogens is 404 g/mol. The molecule has 2 fully saturated rings. The summed E-state index contributed by atoms with van der Waals surface area (Å²) < 4.78 is 11.8. The number of rotatable bonds is 11. The molecule has 33 heavy (non-hydrogen) atoms. The van der Waals surface area contributed by atoms with Gasteiger partial charge in [0, 0.05) is 5.92 Å². The Balaban J connectivity index is 1.28. The fourth-order valence-electron chi connectivity index (χ4n) is 5.29. The Bertz CT molecular complexity index is 722. The standard InChI is InChI=1S/C31H46O2/c1-3-5-8-24-32-30-20-22-31(23-21-30)33-25-29-18-16-28(17-19-29)11-7-6-10-27-14-12-26(9-4-2)13-15-27/h6,10,20-23,26-29H,3-5,8-9,12-19,24-25H2,1-2H3/b10-6+. The van der Waals surface area contributed by atoms with E-state index < -0.39 is 0 Å². The molecule has 0 aliphatic heterocycles. The monoisotopic (exact) mass is 450 g/mol. The number of ether oxygens (including phenoxy) is 2. The zero-order chi connectivity index (χ0) is 23.1. The highest BCUT2D eigenvalue weighted by Crippen LogP contribution is 2.32. The first-order valence-corrected chi connectivity index (χ1v) is 13.8. The molecule has 0 heterocycles. The molecule has 0 aromatic heterocycles. The summed E-state index contributed by atoms with van der Waals surface area (Å²) in [5, 5.41) is 0. The predicted octanol–water partition coefficient (Wildman–Crippen LogP) is 8.61. The number of hydrogen-bond donors (Lipinski definition) is 0. The molecule has 0 atom stereocenters. The molecule has 2 heteroatoms. The average molecular weight is 451 g/mol. The van der Waals surface area contributed by atoms with Crippen LogP contribution in [0, 0.1) is 35.5 Å². The van der Waals surface area contributed by atoms with Gasteiger partial charge in [-0.05, 0) is 106 Å². The first-order chi connectivity index (χ1) is 16.3. The molecule has 0 radical (unpaired) electrons. The van der Waals surface area contributed by atoms with Gasteiger partial charge in [-0.25, -0.2) is 0 Å². The van der Waals surface area contributed by atoms with E-state index in [1.165, 1.54) is 77.0 Å². The lowest BCUT2D eigenvalue weighted by atomic mass is 9.80. The van der Waals surface area contributed by atoms with Crippen LogP contribution in [0.4, 0.5) is 0 Å². The zero-order valence-corrected chi connectivity index (χ0v) is 21.2. The molecule has 0 spiro atoms. The van der Waals surface area contributed by atoms with Crippen LogP contribution in [0.3, 0.4) is 0 Å². The summed E-state index contributed by atoms with van der Waals surface area (Å²) in [7, 11) is 0. The van der Waals surface area contributed by atoms with Crippen molar-refractivity contribution in [1.82, 2.24) is 0 Å². The van der Waals surface area contributed by atoms with E-state index in [1.807, 2.05) is 24.3 Å². The van der Waals surface area contributed by atoms with E-state index in [2.05, 4.69) is 37.8 Å². The summed E-state index contributed by atoms with van der Waals surface area (Å²) in [6, 6.07) is 8.13. The molecule has 2 saturated carbocycles. The largest absolute Gasteiger partial charge is 0.494 e. The number of unbranched alkanes of at least 4 members (excludes halogenated alkanes) is 2. The van der Waals surface area contributed by atoms with Crippen LogP contribution in [0.15, 0.2) is 36.4 Å². The normalized spacial score (nSPS) is 25.4. The van der Waals surface area contributed by atoms with Crippen molar-refractivity contribution in [2.75, 3.05) is 13.2 Å². The third-order valence-electron chi connectivity index (χ3n) is 7.50. The summed E-state index contributed by atoms with van der Waals surface area (Å²) in [4.78, 5) is 0. The summed E-state index contributed by atoms with van der Waals surface area (Å²) in [5.74, 6) is 11.7. The number of allylic oxidation sites excluding steroid dienone is 2.